The van der Waals surface area contributed by atoms with E-state index >= 15 is 0 Å². The Labute approximate surface area is 192 Å². The van der Waals surface area contributed by atoms with Crippen LogP contribution in [0.2, 0.25) is 5.02 Å². The highest BCUT2D eigenvalue weighted by Gasteiger charge is 2.42. The highest BCUT2D eigenvalue weighted by Crippen LogP contribution is 2.41. The SMILES string of the molecule is C=C(CCc1cnc(C2CC(OC(F)(F)F)C2)o1)NC(=O)[C@@H]1C[C@@H](O)c2cc(Cl)ccc2O1. The number of hydrogen-bond donors (Lipinski definition) is 2. The summed E-state index contributed by atoms with van der Waals surface area (Å²) in [5.41, 5.74) is 0.967. The number of carbonyl (C=O) groups excluding carboxylic acids is 1. The molecule has 1 amide bonds. The van der Waals surface area contributed by atoms with Gasteiger partial charge in [0.25, 0.3) is 5.91 Å². The Morgan fingerprint density at radius 1 is 1.33 bits per heavy atom. The summed E-state index contributed by atoms with van der Waals surface area (Å²) in [5.74, 6) is 0.683. The maximum Gasteiger partial charge on any atom is 0.522 e. The lowest BCUT2D eigenvalue weighted by Gasteiger charge is -2.33. The van der Waals surface area contributed by atoms with Crippen molar-refractivity contribution in [1.82, 2.24) is 10.3 Å². The first-order chi connectivity index (χ1) is 15.6. The number of benzene rings is 1. The van der Waals surface area contributed by atoms with Crippen LogP contribution < -0.4 is 10.1 Å². The molecule has 1 aromatic heterocycles. The largest absolute Gasteiger partial charge is 0.522 e. The van der Waals surface area contributed by atoms with Gasteiger partial charge >= 0.3 is 6.36 Å². The van der Waals surface area contributed by atoms with E-state index in [0.29, 0.717) is 46.5 Å². The summed E-state index contributed by atoms with van der Waals surface area (Å²) in [6.07, 6.45) is -4.50. The number of ether oxygens (including phenoxy) is 2. The van der Waals surface area contributed by atoms with Gasteiger partial charge in [-0.25, -0.2) is 4.98 Å². The molecule has 178 valence electrons. The first-order valence-corrected chi connectivity index (χ1v) is 10.8. The van der Waals surface area contributed by atoms with Crippen molar-refractivity contribution >= 4 is 17.5 Å². The molecule has 2 heterocycles. The maximum absolute atomic E-state index is 12.5. The molecule has 4 rings (SSSR count). The third-order valence-electron chi connectivity index (χ3n) is 5.62. The number of hydrogen-bond acceptors (Lipinski definition) is 6. The Kier molecular flexibility index (Phi) is 6.69. The van der Waals surface area contributed by atoms with Crippen LogP contribution in [0.25, 0.3) is 0 Å². The van der Waals surface area contributed by atoms with Gasteiger partial charge < -0.3 is 19.6 Å². The number of aryl methyl sites for hydroxylation is 1. The van der Waals surface area contributed by atoms with Crippen LogP contribution in [0.1, 0.15) is 54.9 Å². The second kappa shape index (κ2) is 9.36. The van der Waals surface area contributed by atoms with Crippen LogP contribution in [0, 0.1) is 0 Å². The Hall–Kier alpha value is -2.56. The van der Waals surface area contributed by atoms with Crippen molar-refractivity contribution in [2.45, 2.75) is 62.7 Å². The summed E-state index contributed by atoms with van der Waals surface area (Å²) in [6.45, 7) is 3.84. The Bertz CT molecular complexity index is 1040. The summed E-state index contributed by atoms with van der Waals surface area (Å²) < 4.78 is 52.0. The summed E-state index contributed by atoms with van der Waals surface area (Å²) in [6, 6.07) is 4.83. The van der Waals surface area contributed by atoms with E-state index in [0.717, 1.165) is 0 Å². The topological polar surface area (TPSA) is 93.8 Å². The fraction of sp³-hybridized carbons (Fsp3) is 0.455. The fourth-order valence-corrected chi connectivity index (χ4v) is 4.03. The minimum absolute atomic E-state index is 0.0817. The number of fused-ring (bicyclic) bond motifs is 1. The molecule has 0 spiro atoms. The first kappa shape index (κ1) is 23.6. The lowest BCUT2D eigenvalue weighted by Crippen LogP contribution is -2.41. The van der Waals surface area contributed by atoms with E-state index in [1.807, 2.05) is 0 Å². The number of nitrogens with one attached hydrogen (secondary N) is 1. The van der Waals surface area contributed by atoms with E-state index in [-0.39, 0.29) is 25.2 Å². The average molecular weight is 487 g/mol. The monoisotopic (exact) mass is 486 g/mol. The van der Waals surface area contributed by atoms with Crippen molar-refractivity contribution in [3.05, 3.63) is 58.9 Å². The van der Waals surface area contributed by atoms with E-state index < -0.39 is 30.6 Å². The third kappa shape index (κ3) is 5.87. The molecule has 1 aliphatic carbocycles. The van der Waals surface area contributed by atoms with E-state index in [9.17, 15) is 23.1 Å². The molecule has 33 heavy (non-hydrogen) atoms. The molecule has 2 atom stereocenters. The predicted molar refractivity (Wildman–Crippen MR) is 110 cm³/mol. The van der Waals surface area contributed by atoms with Crippen LogP contribution in [0.15, 0.2) is 41.1 Å². The quantitative estimate of drug-likeness (QED) is 0.596. The Morgan fingerprint density at radius 2 is 2.09 bits per heavy atom. The lowest BCUT2D eigenvalue weighted by molar-refractivity contribution is -0.352. The zero-order valence-electron chi connectivity index (χ0n) is 17.4. The first-order valence-electron chi connectivity index (χ1n) is 10.4. The van der Waals surface area contributed by atoms with Gasteiger partial charge in [-0.15, -0.1) is 13.2 Å². The Balaban J connectivity index is 1.23. The van der Waals surface area contributed by atoms with Gasteiger partial charge in [-0.3, -0.25) is 9.53 Å². The predicted octanol–water partition coefficient (Wildman–Crippen LogP) is 4.56. The lowest BCUT2D eigenvalue weighted by atomic mass is 9.82. The molecule has 2 aliphatic rings. The number of aromatic nitrogens is 1. The number of allylic oxidation sites excluding steroid dienone is 1. The Morgan fingerprint density at radius 3 is 2.82 bits per heavy atom. The molecule has 11 heteroatoms. The third-order valence-corrected chi connectivity index (χ3v) is 5.85. The van der Waals surface area contributed by atoms with E-state index in [4.69, 9.17) is 20.8 Å². The molecule has 2 N–H and O–H groups in total. The molecule has 7 nitrogen and oxygen atoms in total. The number of oxazole rings is 1. The standard InChI is InChI=1S/C22H22ClF3N2O5/c1-11(28-20(30)19-9-17(29)16-8-13(23)3-5-18(16)32-19)2-4-14-10-27-21(31-14)12-6-15(7-12)33-22(24,25)26/h3,5,8,10,12,15,17,19,29H,1-2,4,6-7,9H2,(H,28,30)/t12?,15?,17-,19+/m1/s1. The fourth-order valence-electron chi connectivity index (χ4n) is 3.85. The van der Waals surface area contributed by atoms with Crippen molar-refractivity contribution in [2.24, 2.45) is 0 Å². The number of amides is 1. The number of nitrogens with zero attached hydrogens (tertiary/aromatic N) is 1. The maximum atomic E-state index is 12.5. The normalized spacial score (nSPS) is 24.4. The average Bonchev–Trinajstić information content (AvgIpc) is 3.17. The van der Waals surface area contributed by atoms with E-state index in [2.05, 4.69) is 21.6 Å². The van der Waals surface area contributed by atoms with Gasteiger partial charge in [0.15, 0.2) is 12.0 Å². The van der Waals surface area contributed by atoms with Crippen molar-refractivity contribution in [3.8, 4) is 5.75 Å². The summed E-state index contributed by atoms with van der Waals surface area (Å²) >= 11 is 5.94. The van der Waals surface area contributed by atoms with E-state index in [1.165, 1.54) is 6.20 Å². The number of halogens is 4. The van der Waals surface area contributed by atoms with Gasteiger partial charge in [0.2, 0.25) is 0 Å². The van der Waals surface area contributed by atoms with Crippen molar-refractivity contribution in [1.29, 1.82) is 0 Å². The van der Waals surface area contributed by atoms with Gasteiger partial charge in [-0.2, -0.15) is 0 Å². The molecular weight excluding hydrogens is 465 g/mol. The molecule has 1 aliphatic heterocycles. The second-order valence-electron chi connectivity index (χ2n) is 8.15. The van der Waals surface area contributed by atoms with Crippen LogP contribution in [-0.2, 0) is 16.0 Å². The number of carbonyl (C=O) groups is 1. The zero-order valence-corrected chi connectivity index (χ0v) is 18.2. The zero-order chi connectivity index (χ0) is 23.8. The molecule has 0 saturated heterocycles. The summed E-state index contributed by atoms with van der Waals surface area (Å²) in [7, 11) is 0. The molecule has 0 unspecified atom stereocenters. The van der Waals surface area contributed by atoms with Crippen LogP contribution in [0.4, 0.5) is 13.2 Å². The minimum atomic E-state index is -4.64. The highest BCUT2D eigenvalue weighted by atomic mass is 35.5. The highest BCUT2D eigenvalue weighted by molar-refractivity contribution is 6.30. The van der Waals surface area contributed by atoms with Crippen LogP contribution in [0.3, 0.4) is 0 Å². The smallest absolute Gasteiger partial charge is 0.480 e. The van der Waals surface area contributed by atoms with Gasteiger partial charge in [0.05, 0.1) is 18.4 Å². The van der Waals surface area contributed by atoms with Gasteiger partial charge in [0, 0.05) is 35.0 Å². The van der Waals surface area contributed by atoms with Gasteiger partial charge in [-0.05, 0) is 37.5 Å². The number of alkyl halides is 3. The minimum Gasteiger partial charge on any atom is -0.480 e. The molecule has 0 radical (unpaired) electrons. The molecule has 1 saturated carbocycles. The number of aliphatic hydroxyl groups excluding tert-OH is 1. The van der Waals surface area contributed by atoms with Crippen molar-refractivity contribution < 1.29 is 37.0 Å². The second-order valence-corrected chi connectivity index (χ2v) is 8.59. The molecular formula is C22H22ClF3N2O5. The van der Waals surface area contributed by atoms with Gasteiger partial charge in [-0.1, -0.05) is 18.2 Å². The van der Waals surface area contributed by atoms with Crippen molar-refractivity contribution in [3.63, 3.8) is 0 Å². The van der Waals surface area contributed by atoms with Crippen molar-refractivity contribution in [2.75, 3.05) is 0 Å². The molecule has 1 aromatic carbocycles. The van der Waals surface area contributed by atoms with E-state index in [1.54, 1.807) is 18.2 Å². The van der Waals surface area contributed by atoms with Gasteiger partial charge in [0.1, 0.15) is 11.5 Å². The number of aliphatic hydroxyl groups is 1. The summed E-state index contributed by atoms with van der Waals surface area (Å²) in [5, 5.41) is 13.5. The van der Waals surface area contributed by atoms with Crippen LogP contribution in [0.5, 0.6) is 5.75 Å². The van der Waals surface area contributed by atoms with Crippen LogP contribution in [-0.4, -0.2) is 34.6 Å². The molecule has 0 bridgehead atoms. The van der Waals surface area contributed by atoms with Crippen LogP contribution >= 0.6 is 11.6 Å². The molecule has 2 aromatic rings. The molecule has 1 fully saturated rings. The number of rotatable bonds is 7. The summed E-state index contributed by atoms with van der Waals surface area (Å²) in [4.78, 5) is 16.7.